The van der Waals surface area contributed by atoms with Crippen molar-refractivity contribution in [3.63, 3.8) is 0 Å². The number of carbonyl (C=O) groups is 1. The zero-order chi connectivity index (χ0) is 11.8. The van der Waals surface area contributed by atoms with Gasteiger partial charge in [-0.3, -0.25) is 4.79 Å². The molecule has 0 bridgehead atoms. The van der Waals surface area contributed by atoms with Crippen molar-refractivity contribution in [3.8, 4) is 0 Å². The average Bonchev–Trinajstić information content (AvgIpc) is 3.00. The van der Waals surface area contributed by atoms with Gasteiger partial charge in [0.1, 0.15) is 0 Å². The third kappa shape index (κ3) is 2.55. The van der Waals surface area contributed by atoms with Crippen LogP contribution in [-0.4, -0.2) is 42.5 Å². The quantitative estimate of drug-likeness (QED) is 0.727. The zero-order valence-corrected chi connectivity index (χ0v) is 10.3. The highest BCUT2D eigenvalue weighted by atomic mass is 16.2. The van der Waals surface area contributed by atoms with Crippen molar-refractivity contribution >= 4 is 5.91 Å². The Labute approximate surface area is 97.6 Å². The van der Waals surface area contributed by atoms with Crippen LogP contribution in [0.4, 0.5) is 0 Å². The van der Waals surface area contributed by atoms with Gasteiger partial charge in [-0.1, -0.05) is 0 Å². The van der Waals surface area contributed by atoms with Crippen LogP contribution in [0.25, 0.3) is 0 Å². The van der Waals surface area contributed by atoms with Gasteiger partial charge in [0.05, 0.1) is 5.54 Å². The van der Waals surface area contributed by atoms with Crippen LogP contribution in [0.3, 0.4) is 0 Å². The minimum absolute atomic E-state index is 0.0373. The fraction of sp³-hybridized carbons (Fsp3) is 0.917. The van der Waals surface area contributed by atoms with Crippen molar-refractivity contribution < 1.29 is 4.79 Å². The van der Waals surface area contributed by atoms with Crippen molar-refractivity contribution in [2.75, 3.05) is 20.1 Å². The van der Waals surface area contributed by atoms with Crippen molar-refractivity contribution in [1.29, 1.82) is 0 Å². The summed E-state index contributed by atoms with van der Waals surface area (Å²) in [7, 11) is 2.10. The van der Waals surface area contributed by atoms with E-state index in [1.807, 2.05) is 6.92 Å². The predicted octanol–water partition coefficient (Wildman–Crippen LogP) is 0.324. The van der Waals surface area contributed by atoms with Crippen LogP contribution in [0.15, 0.2) is 0 Å². The number of hydrogen-bond acceptors (Lipinski definition) is 3. The number of nitrogens with zero attached hydrogens (tertiary/aromatic N) is 1. The van der Waals surface area contributed by atoms with Crippen LogP contribution in [0.2, 0.25) is 0 Å². The molecule has 2 rings (SSSR count). The molecule has 4 nitrogen and oxygen atoms in total. The van der Waals surface area contributed by atoms with Crippen LogP contribution < -0.4 is 11.1 Å². The van der Waals surface area contributed by atoms with Gasteiger partial charge >= 0.3 is 0 Å². The average molecular weight is 225 g/mol. The molecule has 1 saturated heterocycles. The Morgan fingerprint density at radius 2 is 2.12 bits per heavy atom. The Morgan fingerprint density at radius 1 is 1.44 bits per heavy atom. The first-order valence-corrected chi connectivity index (χ1v) is 6.28. The van der Waals surface area contributed by atoms with Gasteiger partial charge in [-0.15, -0.1) is 0 Å². The summed E-state index contributed by atoms with van der Waals surface area (Å²) in [4.78, 5) is 14.3. The number of piperidine rings is 1. The van der Waals surface area contributed by atoms with E-state index < -0.39 is 5.54 Å². The molecule has 2 fully saturated rings. The largest absolute Gasteiger partial charge is 0.350 e. The first-order chi connectivity index (χ1) is 7.50. The Hall–Kier alpha value is -0.610. The maximum Gasteiger partial charge on any atom is 0.240 e. The standard InChI is InChI=1S/C12H23N3O/c1-12(13,9-5-6-9)11(16)14-10-4-3-7-15(2)8-10/h9-10H,3-8,13H2,1-2H3,(H,14,16). The number of amides is 1. The van der Waals surface area contributed by atoms with E-state index in [0.717, 1.165) is 38.8 Å². The van der Waals surface area contributed by atoms with Gasteiger partial charge in [0, 0.05) is 12.6 Å². The summed E-state index contributed by atoms with van der Waals surface area (Å²) >= 11 is 0. The van der Waals surface area contributed by atoms with Crippen molar-refractivity contribution in [2.45, 2.75) is 44.2 Å². The minimum Gasteiger partial charge on any atom is -0.350 e. The van der Waals surface area contributed by atoms with E-state index in [2.05, 4.69) is 17.3 Å². The van der Waals surface area contributed by atoms with E-state index in [9.17, 15) is 4.79 Å². The molecular weight excluding hydrogens is 202 g/mol. The molecule has 4 heteroatoms. The molecule has 2 unspecified atom stereocenters. The summed E-state index contributed by atoms with van der Waals surface area (Å²) < 4.78 is 0. The molecule has 1 saturated carbocycles. The SMILES string of the molecule is CN1CCCC(NC(=O)C(C)(N)C2CC2)C1. The molecule has 0 aromatic rings. The fourth-order valence-corrected chi connectivity index (χ4v) is 2.49. The molecule has 92 valence electrons. The van der Waals surface area contributed by atoms with E-state index in [4.69, 9.17) is 5.73 Å². The number of rotatable bonds is 3. The van der Waals surface area contributed by atoms with Crippen LogP contribution >= 0.6 is 0 Å². The number of carbonyl (C=O) groups excluding carboxylic acids is 1. The van der Waals surface area contributed by atoms with Crippen LogP contribution in [0.1, 0.15) is 32.6 Å². The van der Waals surface area contributed by atoms with Crippen molar-refractivity contribution in [2.24, 2.45) is 11.7 Å². The molecule has 0 spiro atoms. The summed E-state index contributed by atoms with van der Waals surface area (Å²) in [6, 6.07) is 0.285. The van der Waals surface area contributed by atoms with Crippen LogP contribution in [-0.2, 0) is 4.79 Å². The Morgan fingerprint density at radius 3 is 2.69 bits per heavy atom. The molecule has 0 radical (unpaired) electrons. The van der Waals surface area contributed by atoms with Crippen molar-refractivity contribution in [1.82, 2.24) is 10.2 Å². The van der Waals surface area contributed by atoms with E-state index in [1.165, 1.54) is 0 Å². The molecule has 3 N–H and O–H groups in total. The molecule has 16 heavy (non-hydrogen) atoms. The molecule has 1 aliphatic carbocycles. The highest BCUT2D eigenvalue weighted by Crippen LogP contribution is 2.38. The molecule has 0 aromatic carbocycles. The predicted molar refractivity (Wildman–Crippen MR) is 64.0 cm³/mol. The van der Waals surface area contributed by atoms with E-state index in [1.54, 1.807) is 0 Å². The Balaban J connectivity index is 1.86. The zero-order valence-electron chi connectivity index (χ0n) is 10.3. The van der Waals surface area contributed by atoms with E-state index in [0.29, 0.717) is 5.92 Å². The lowest BCUT2D eigenvalue weighted by atomic mass is 9.95. The van der Waals surface area contributed by atoms with Gasteiger partial charge in [-0.25, -0.2) is 0 Å². The van der Waals surface area contributed by atoms with E-state index in [-0.39, 0.29) is 11.9 Å². The van der Waals surface area contributed by atoms with Gasteiger partial charge in [0.25, 0.3) is 0 Å². The maximum atomic E-state index is 12.1. The summed E-state index contributed by atoms with van der Waals surface area (Å²) in [5.41, 5.74) is 5.44. The van der Waals surface area contributed by atoms with Gasteiger partial charge in [0.15, 0.2) is 0 Å². The molecule has 0 aromatic heterocycles. The van der Waals surface area contributed by atoms with Gasteiger partial charge in [-0.05, 0) is 52.1 Å². The lowest BCUT2D eigenvalue weighted by Crippen LogP contribution is -2.58. The number of hydrogen-bond donors (Lipinski definition) is 2. The Bertz CT molecular complexity index is 273. The second-order valence-electron chi connectivity index (χ2n) is 5.63. The van der Waals surface area contributed by atoms with E-state index >= 15 is 0 Å². The van der Waals surface area contributed by atoms with Crippen molar-refractivity contribution in [3.05, 3.63) is 0 Å². The lowest BCUT2D eigenvalue weighted by Gasteiger charge is -2.33. The smallest absolute Gasteiger partial charge is 0.240 e. The van der Waals surface area contributed by atoms with Crippen LogP contribution in [0.5, 0.6) is 0 Å². The summed E-state index contributed by atoms with van der Waals surface area (Å²) in [6.07, 6.45) is 4.44. The molecule has 1 heterocycles. The number of likely N-dealkylation sites (tertiary alicyclic amines) is 1. The second-order valence-corrected chi connectivity index (χ2v) is 5.63. The van der Waals surface area contributed by atoms with Crippen LogP contribution in [0, 0.1) is 5.92 Å². The van der Waals surface area contributed by atoms with Gasteiger partial charge in [0.2, 0.25) is 5.91 Å². The monoisotopic (exact) mass is 225 g/mol. The first kappa shape index (κ1) is 11.9. The third-order valence-corrected chi connectivity index (χ3v) is 3.87. The van der Waals surface area contributed by atoms with Gasteiger partial charge in [-0.2, -0.15) is 0 Å². The third-order valence-electron chi connectivity index (χ3n) is 3.87. The summed E-state index contributed by atoms with van der Waals surface area (Å²) in [6.45, 7) is 3.95. The topological polar surface area (TPSA) is 58.4 Å². The number of likely N-dealkylation sites (N-methyl/N-ethyl adjacent to an activating group) is 1. The normalized spacial score (nSPS) is 30.8. The lowest BCUT2D eigenvalue weighted by molar-refractivity contribution is -0.127. The maximum absolute atomic E-state index is 12.1. The number of nitrogens with one attached hydrogen (secondary N) is 1. The van der Waals surface area contributed by atoms with Gasteiger partial charge < -0.3 is 16.0 Å². The summed E-state index contributed by atoms with van der Waals surface area (Å²) in [5.74, 6) is 0.434. The molecular formula is C12H23N3O. The molecule has 2 atom stereocenters. The number of nitrogens with two attached hydrogens (primary N) is 1. The Kier molecular flexibility index (Phi) is 3.22. The molecule has 1 amide bonds. The highest BCUT2D eigenvalue weighted by Gasteiger charge is 2.44. The molecule has 1 aliphatic heterocycles. The molecule has 2 aliphatic rings. The fourth-order valence-electron chi connectivity index (χ4n) is 2.49. The minimum atomic E-state index is -0.657. The second kappa shape index (κ2) is 4.34. The first-order valence-electron chi connectivity index (χ1n) is 6.28. The highest BCUT2D eigenvalue weighted by molar-refractivity contribution is 5.86. The summed E-state index contributed by atoms with van der Waals surface area (Å²) in [5, 5.41) is 3.11.